The van der Waals surface area contributed by atoms with Crippen molar-refractivity contribution in [3.05, 3.63) is 0 Å². The fourth-order valence-corrected chi connectivity index (χ4v) is 0.960. The number of hydrogen-bond acceptors (Lipinski definition) is 5. The van der Waals surface area contributed by atoms with Crippen molar-refractivity contribution < 1.29 is 23.8 Å². The van der Waals surface area contributed by atoms with Gasteiger partial charge in [-0.2, -0.15) is 0 Å². The van der Waals surface area contributed by atoms with Crippen LogP contribution in [0.25, 0.3) is 0 Å². The van der Waals surface area contributed by atoms with Crippen LogP contribution >= 0.6 is 0 Å². The molecule has 0 heterocycles. The van der Waals surface area contributed by atoms with Gasteiger partial charge in [0.05, 0.1) is 6.61 Å². The highest BCUT2D eigenvalue weighted by atomic mass is 16.7. The minimum atomic E-state index is -0.618. The van der Waals surface area contributed by atoms with Crippen LogP contribution in [0.4, 0.5) is 4.79 Å². The van der Waals surface area contributed by atoms with Crippen molar-refractivity contribution >= 4 is 12.1 Å². The number of ether oxygens (including phenoxy) is 3. The van der Waals surface area contributed by atoms with Crippen LogP contribution in [0.1, 0.15) is 34.6 Å². The molecule has 0 saturated heterocycles. The third-order valence-electron chi connectivity index (χ3n) is 1.45. The number of amides is 1. The van der Waals surface area contributed by atoms with Crippen molar-refractivity contribution in [1.82, 2.24) is 5.32 Å². The zero-order valence-corrected chi connectivity index (χ0v) is 11.0. The van der Waals surface area contributed by atoms with Crippen LogP contribution < -0.4 is 5.32 Å². The van der Waals surface area contributed by atoms with Gasteiger partial charge in [-0.25, -0.2) is 4.79 Å². The minimum absolute atomic E-state index is 0.244. The van der Waals surface area contributed by atoms with E-state index in [2.05, 4.69) is 5.32 Å². The van der Waals surface area contributed by atoms with Crippen LogP contribution in [-0.2, 0) is 19.0 Å². The fraction of sp³-hybridized carbons (Fsp3) is 0.818. The Morgan fingerprint density at radius 2 is 1.88 bits per heavy atom. The summed E-state index contributed by atoms with van der Waals surface area (Å²) < 4.78 is 14.9. The van der Waals surface area contributed by atoms with Crippen molar-refractivity contribution in [3.8, 4) is 0 Å². The second-order valence-corrected chi connectivity index (χ2v) is 4.48. The molecule has 0 fully saturated rings. The van der Waals surface area contributed by atoms with Gasteiger partial charge in [-0.3, -0.25) is 4.79 Å². The van der Waals surface area contributed by atoms with Crippen molar-refractivity contribution in [3.63, 3.8) is 0 Å². The lowest BCUT2D eigenvalue weighted by Gasteiger charge is -2.20. The van der Waals surface area contributed by atoms with E-state index < -0.39 is 24.0 Å². The maximum atomic E-state index is 11.2. The molecule has 0 spiro atoms. The molecule has 0 rings (SSSR count). The van der Waals surface area contributed by atoms with Crippen LogP contribution in [0.5, 0.6) is 0 Å². The Morgan fingerprint density at radius 3 is 2.35 bits per heavy atom. The average molecular weight is 247 g/mol. The van der Waals surface area contributed by atoms with E-state index in [0.29, 0.717) is 6.54 Å². The van der Waals surface area contributed by atoms with Crippen molar-refractivity contribution in [2.45, 2.75) is 46.5 Å². The first-order chi connectivity index (χ1) is 7.70. The normalized spacial score (nSPS) is 12.8. The monoisotopic (exact) mass is 247 g/mol. The third kappa shape index (κ3) is 11.0. The molecule has 0 aromatic rings. The molecule has 1 atom stereocenters. The fourth-order valence-electron chi connectivity index (χ4n) is 0.960. The summed E-state index contributed by atoms with van der Waals surface area (Å²) >= 11 is 0. The summed E-state index contributed by atoms with van der Waals surface area (Å²) in [5.41, 5.74) is -0.518. The van der Waals surface area contributed by atoms with Gasteiger partial charge in [0, 0.05) is 13.5 Å². The number of alkyl carbamates (subject to hydrolysis) is 1. The predicted molar refractivity (Wildman–Crippen MR) is 61.4 cm³/mol. The van der Waals surface area contributed by atoms with E-state index in [0.717, 1.165) is 0 Å². The first-order valence-corrected chi connectivity index (χ1v) is 5.46. The average Bonchev–Trinajstić information content (AvgIpc) is 2.08. The van der Waals surface area contributed by atoms with Gasteiger partial charge in [-0.15, -0.1) is 0 Å². The van der Waals surface area contributed by atoms with Crippen LogP contribution in [0.2, 0.25) is 0 Å². The molecule has 0 bridgehead atoms. The van der Waals surface area contributed by atoms with Gasteiger partial charge in [-0.1, -0.05) is 0 Å². The first-order valence-electron chi connectivity index (χ1n) is 5.46. The molecule has 1 unspecified atom stereocenters. The van der Waals surface area contributed by atoms with E-state index in [-0.39, 0.29) is 6.61 Å². The third-order valence-corrected chi connectivity index (χ3v) is 1.45. The molecular formula is C11H21NO5. The number of carbonyl (C=O) groups is 2. The van der Waals surface area contributed by atoms with Gasteiger partial charge in [0.2, 0.25) is 0 Å². The smallest absolute Gasteiger partial charge is 0.407 e. The Hall–Kier alpha value is -1.30. The number of hydrogen-bond donors (Lipinski definition) is 1. The molecule has 0 saturated carbocycles. The highest BCUT2D eigenvalue weighted by Crippen LogP contribution is 2.06. The second kappa shape index (κ2) is 7.11. The van der Waals surface area contributed by atoms with E-state index in [1.165, 1.54) is 6.92 Å². The van der Waals surface area contributed by atoms with Gasteiger partial charge in [-0.05, 0) is 27.7 Å². The lowest BCUT2D eigenvalue weighted by atomic mass is 10.2. The molecule has 6 heteroatoms. The summed E-state index contributed by atoms with van der Waals surface area (Å²) in [5.74, 6) is -0.405. The predicted octanol–water partition coefficient (Wildman–Crippen LogP) is 1.44. The molecule has 0 aliphatic heterocycles. The lowest BCUT2D eigenvalue weighted by Crippen LogP contribution is -2.34. The SMILES string of the molecule is CC(=O)OC(C)OCCNC(=O)OC(C)(C)C. The number of carbonyl (C=O) groups excluding carboxylic acids is 2. The summed E-state index contributed by atoms with van der Waals surface area (Å²) in [4.78, 5) is 21.8. The zero-order chi connectivity index (χ0) is 13.5. The van der Waals surface area contributed by atoms with Crippen LogP contribution in [0.15, 0.2) is 0 Å². The van der Waals surface area contributed by atoms with E-state index in [1.807, 2.05) is 0 Å². The highest BCUT2D eigenvalue weighted by molar-refractivity contribution is 5.67. The Kier molecular flexibility index (Phi) is 6.57. The molecule has 17 heavy (non-hydrogen) atoms. The molecule has 0 aliphatic rings. The van der Waals surface area contributed by atoms with Crippen molar-refractivity contribution in [1.29, 1.82) is 0 Å². The van der Waals surface area contributed by atoms with Crippen molar-refractivity contribution in [2.75, 3.05) is 13.2 Å². The van der Waals surface area contributed by atoms with Gasteiger partial charge in [0.1, 0.15) is 5.60 Å². The summed E-state index contributed by atoms with van der Waals surface area (Å²) in [6.07, 6.45) is -1.12. The Balaban J connectivity index is 3.58. The van der Waals surface area contributed by atoms with Crippen LogP contribution in [-0.4, -0.2) is 37.1 Å². The molecule has 0 aromatic carbocycles. The largest absolute Gasteiger partial charge is 0.444 e. The van der Waals surface area contributed by atoms with Crippen LogP contribution in [0.3, 0.4) is 0 Å². The molecule has 0 aliphatic carbocycles. The summed E-state index contributed by atoms with van der Waals surface area (Å²) in [6.45, 7) is 8.80. The van der Waals surface area contributed by atoms with Gasteiger partial charge < -0.3 is 19.5 Å². The number of esters is 1. The molecule has 100 valence electrons. The number of rotatable bonds is 5. The first kappa shape index (κ1) is 15.7. The van der Waals surface area contributed by atoms with E-state index >= 15 is 0 Å². The number of nitrogens with one attached hydrogen (secondary N) is 1. The summed E-state index contributed by atoms with van der Waals surface area (Å²) in [6, 6.07) is 0. The van der Waals surface area contributed by atoms with Gasteiger partial charge >= 0.3 is 12.1 Å². The highest BCUT2D eigenvalue weighted by Gasteiger charge is 2.15. The zero-order valence-electron chi connectivity index (χ0n) is 11.0. The Morgan fingerprint density at radius 1 is 1.29 bits per heavy atom. The van der Waals surface area contributed by atoms with E-state index in [9.17, 15) is 9.59 Å². The maximum Gasteiger partial charge on any atom is 0.407 e. The van der Waals surface area contributed by atoms with Gasteiger partial charge in [0.15, 0.2) is 6.29 Å². The molecule has 1 amide bonds. The molecule has 0 aromatic heterocycles. The minimum Gasteiger partial charge on any atom is -0.444 e. The summed E-state index contributed by atoms with van der Waals surface area (Å²) in [5, 5.41) is 2.52. The Labute approximate surface area is 102 Å². The molecular weight excluding hydrogens is 226 g/mol. The summed E-state index contributed by atoms with van der Waals surface area (Å²) in [7, 11) is 0. The molecule has 1 N–H and O–H groups in total. The Bertz CT molecular complexity index is 259. The van der Waals surface area contributed by atoms with E-state index in [4.69, 9.17) is 14.2 Å². The maximum absolute atomic E-state index is 11.2. The quantitative estimate of drug-likeness (QED) is 0.452. The van der Waals surface area contributed by atoms with E-state index in [1.54, 1.807) is 27.7 Å². The second-order valence-electron chi connectivity index (χ2n) is 4.48. The van der Waals surface area contributed by atoms with Crippen molar-refractivity contribution in [2.24, 2.45) is 0 Å². The molecule has 6 nitrogen and oxygen atoms in total. The topological polar surface area (TPSA) is 73.9 Å². The van der Waals surface area contributed by atoms with Gasteiger partial charge in [0.25, 0.3) is 0 Å². The molecule has 0 radical (unpaired) electrons. The lowest BCUT2D eigenvalue weighted by molar-refractivity contribution is -0.171. The standard InChI is InChI=1S/C11H21NO5/c1-8(13)16-9(2)15-7-6-12-10(14)17-11(3,4)5/h9H,6-7H2,1-5H3,(H,12,14). The van der Waals surface area contributed by atoms with Crippen LogP contribution in [0, 0.1) is 0 Å².